The van der Waals surface area contributed by atoms with E-state index in [0.717, 1.165) is 19.3 Å². The van der Waals surface area contributed by atoms with Gasteiger partial charge in [0.15, 0.2) is 0 Å². The zero-order valence-electron chi connectivity index (χ0n) is 14.8. The molecule has 0 saturated heterocycles. The van der Waals surface area contributed by atoms with E-state index in [2.05, 4.69) is 50.2 Å². The van der Waals surface area contributed by atoms with E-state index in [1.807, 2.05) is 0 Å². The summed E-state index contributed by atoms with van der Waals surface area (Å²) in [6, 6.07) is 13.6. The summed E-state index contributed by atoms with van der Waals surface area (Å²) >= 11 is 0. The van der Waals surface area contributed by atoms with Crippen LogP contribution in [0.4, 0.5) is 0 Å². The SMILES string of the molecule is CCc1cc(CC)cc(Cc2cc(COC)cc(COC)c2)c1. The molecule has 23 heavy (non-hydrogen) atoms. The van der Waals surface area contributed by atoms with Crippen molar-refractivity contribution < 1.29 is 9.47 Å². The van der Waals surface area contributed by atoms with E-state index in [1.54, 1.807) is 14.2 Å². The average Bonchev–Trinajstić information content (AvgIpc) is 2.55. The van der Waals surface area contributed by atoms with Crippen LogP contribution in [0.3, 0.4) is 0 Å². The predicted molar refractivity (Wildman–Crippen MR) is 95.9 cm³/mol. The van der Waals surface area contributed by atoms with Gasteiger partial charge in [-0.05, 0) is 52.6 Å². The van der Waals surface area contributed by atoms with Gasteiger partial charge in [0.2, 0.25) is 0 Å². The molecule has 2 rings (SSSR count). The summed E-state index contributed by atoms with van der Waals surface area (Å²) in [5.41, 5.74) is 7.97. The Bertz CT molecular complexity index is 585. The van der Waals surface area contributed by atoms with Crippen molar-refractivity contribution in [3.8, 4) is 0 Å². The van der Waals surface area contributed by atoms with E-state index in [-0.39, 0.29) is 0 Å². The summed E-state index contributed by atoms with van der Waals surface area (Å²) in [5.74, 6) is 0. The smallest absolute Gasteiger partial charge is 0.0713 e. The topological polar surface area (TPSA) is 18.5 Å². The molecule has 0 atom stereocenters. The van der Waals surface area contributed by atoms with Crippen LogP contribution in [0.2, 0.25) is 0 Å². The molecule has 0 unspecified atom stereocenters. The molecule has 2 aromatic carbocycles. The van der Waals surface area contributed by atoms with Crippen molar-refractivity contribution in [3.05, 3.63) is 69.8 Å². The first-order valence-electron chi connectivity index (χ1n) is 8.39. The molecule has 2 nitrogen and oxygen atoms in total. The molecule has 0 bridgehead atoms. The van der Waals surface area contributed by atoms with Crippen LogP contribution in [-0.2, 0) is 41.9 Å². The standard InChI is InChI=1S/C21H28O2/c1-5-16-7-17(6-2)9-18(8-16)10-19-11-20(14-22-3)13-21(12-19)15-23-4/h7-9,11-13H,5-6,10,14-15H2,1-4H3. The minimum absolute atomic E-state index is 0.639. The van der Waals surface area contributed by atoms with E-state index < -0.39 is 0 Å². The molecule has 0 fully saturated rings. The fraction of sp³-hybridized carbons (Fsp3) is 0.429. The van der Waals surface area contributed by atoms with Crippen molar-refractivity contribution in [2.45, 2.75) is 46.3 Å². The number of aryl methyl sites for hydroxylation is 2. The lowest BCUT2D eigenvalue weighted by Gasteiger charge is -2.11. The number of hydrogen-bond donors (Lipinski definition) is 0. The summed E-state index contributed by atoms with van der Waals surface area (Å²) in [4.78, 5) is 0. The monoisotopic (exact) mass is 312 g/mol. The first-order valence-corrected chi connectivity index (χ1v) is 8.39. The molecular formula is C21H28O2. The Labute approximate surface area is 140 Å². The maximum Gasteiger partial charge on any atom is 0.0713 e. The lowest BCUT2D eigenvalue weighted by molar-refractivity contribution is 0.180. The van der Waals surface area contributed by atoms with Gasteiger partial charge in [0.25, 0.3) is 0 Å². The number of hydrogen-bond acceptors (Lipinski definition) is 2. The van der Waals surface area contributed by atoms with E-state index in [0.29, 0.717) is 13.2 Å². The number of benzene rings is 2. The number of methoxy groups -OCH3 is 2. The van der Waals surface area contributed by atoms with E-state index in [4.69, 9.17) is 9.47 Å². The van der Waals surface area contributed by atoms with Crippen molar-refractivity contribution in [1.82, 2.24) is 0 Å². The quantitative estimate of drug-likeness (QED) is 0.703. The van der Waals surface area contributed by atoms with Gasteiger partial charge in [0, 0.05) is 14.2 Å². The Morgan fingerprint density at radius 3 is 1.30 bits per heavy atom. The highest BCUT2D eigenvalue weighted by Gasteiger charge is 2.05. The maximum absolute atomic E-state index is 5.30. The normalized spacial score (nSPS) is 11.0. The van der Waals surface area contributed by atoms with Gasteiger partial charge >= 0.3 is 0 Å². The summed E-state index contributed by atoms with van der Waals surface area (Å²) in [5, 5.41) is 0. The Kier molecular flexibility index (Phi) is 6.82. The largest absolute Gasteiger partial charge is 0.380 e. The Morgan fingerprint density at radius 1 is 0.565 bits per heavy atom. The third-order valence-corrected chi connectivity index (χ3v) is 4.07. The van der Waals surface area contributed by atoms with Gasteiger partial charge < -0.3 is 9.47 Å². The highest BCUT2D eigenvalue weighted by Crippen LogP contribution is 2.19. The van der Waals surface area contributed by atoms with Crippen LogP contribution in [0.5, 0.6) is 0 Å². The second-order valence-corrected chi connectivity index (χ2v) is 6.07. The van der Waals surface area contributed by atoms with Crippen molar-refractivity contribution >= 4 is 0 Å². The Morgan fingerprint density at radius 2 is 0.913 bits per heavy atom. The van der Waals surface area contributed by atoms with Crippen LogP contribution >= 0.6 is 0 Å². The van der Waals surface area contributed by atoms with Crippen LogP contribution in [0, 0.1) is 0 Å². The van der Waals surface area contributed by atoms with Gasteiger partial charge in [0.05, 0.1) is 13.2 Å². The predicted octanol–water partition coefficient (Wildman–Crippen LogP) is 4.70. The van der Waals surface area contributed by atoms with E-state index in [1.165, 1.54) is 33.4 Å². The first kappa shape index (κ1) is 17.7. The molecule has 0 heterocycles. The Hall–Kier alpha value is -1.64. The molecule has 124 valence electrons. The lowest BCUT2D eigenvalue weighted by atomic mass is 9.96. The lowest BCUT2D eigenvalue weighted by Crippen LogP contribution is -1.99. The molecule has 0 saturated carbocycles. The van der Waals surface area contributed by atoms with Gasteiger partial charge in [0.1, 0.15) is 0 Å². The van der Waals surface area contributed by atoms with Crippen molar-refractivity contribution in [3.63, 3.8) is 0 Å². The van der Waals surface area contributed by atoms with Crippen LogP contribution < -0.4 is 0 Å². The van der Waals surface area contributed by atoms with Gasteiger partial charge in [-0.25, -0.2) is 0 Å². The second-order valence-electron chi connectivity index (χ2n) is 6.07. The van der Waals surface area contributed by atoms with Crippen LogP contribution in [0.1, 0.15) is 47.2 Å². The first-order chi connectivity index (χ1) is 11.2. The molecule has 0 aliphatic rings. The maximum atomic E-state index is 5.30. The molecule has 0 spiro atoms. The van der Waals surface area contributed by atoms with Crippen LogP contribution in [0.15, 0.2) is 36.4 Å². The molecule has 0 radical (unpaired) electrons. The molecule has 0 N–H and O–H groups in total. The number of rotatable bonds is 8. The summed E-state index contributed by atoms with van der Waals surface area (Å²) in [6.45, 7) is 5.71. The minimum atomic E-state index is 0.639. The number of ether oxygens (including phenoxy) is 2. The summed E-state index contributed by atoms with van der Waals surface area (Å²) in [7, 11) is 3.47. The fourth-order valence-corrected chi connectivity index (χ4v) is 3.03. The van der Waals surface area contributed by atoms with Crippen molar-refractivity contribution in [1.29, 1.82) is 0 Å². The molecule has 0 aromatic heterocycles. The van der Waals surface area contributed by atoms with Crippen molar-refractivity contribution in [2.24, 2.45) is 0 Å². The summed E-state index contributed by atoms with van der Waals surface area (Å²) in [6.07, 6.45) is 3.12. The zero-order valence-corrected chi connectivity index (χ0v) is 14.8. The Balaban J connectivity index is 2.30. The minimum Gasteiger partial charge on any atom is -0.380 e. The highest BCUT2D eigenvalue weighted by molar-refractivity contribution is 5.37. The third kappa shape index (κ3) is 5.19. The van der Waals surface area contributed by atoms with Gasteiger partial charge in [-0.2, -0.15) is 0 Å². The van der Waals surface area contributed by atoms with Gasteiger partial charge in [-0.15, -0.1) is 0 Å². The molecule has 0 aliphatic heterocycles. The van der Waals surface area contributed by atoms with E-state index >= 15 is 0 Å². The molecule has 0 amide bonds. The highest BCUT2D eigenvalue weighted by atomic mass is 16.5. The van der Waals surface area contributed by atoms with Gasteiger partial charge in [-0.1, -0.05) is 50.2 Å². The van der Waals surface area contributed by atoms with Gasteiger partial charge in [-0.3, -0.25) is 0 Å². The third-order valence-electron chi connectivity index (χ3n) is 4.07. The molecular weight excluding hydrogens is 284 g/mol. The summed E-state index contributed by atoms with van der Waals surface area (Å²) < 4.78 is 10.6. The van der Waals surface area contributed by atoms with E-state index in [9.17, 15) is 0 Å². The molecule has 2 aromatic rings. The van der Waals surface area contributed by atoms with Crippen LogP contribution in [-0.4, -0.2) is 14.2 Å². The van der Waals surface area contributed by atoms with Crippen molar-refractivity contribution in [2.75, 3.05) is 14.2 Å². The fourth-order valence-electron chi connectivity index (χ4n) is 3.03. The average molecular weight is 312 g/mol. The van der Waals surface area contributed by atoms with Crippen LogP contribution in [0.25, 0.3) is 0 Å². The second kappa shape index (κ2) is 8.85. The zero-order chi connectivity index (χ0) is 16.7. The molecule has 2 heteroatoms. The molecule has 0 aliphatic carbocycles.